The zero-order chi connectivity index (χ0) is 15.3. The number of benzene rings is 2. The van der Waals surface area contributed by atoms with E-state index < -0.39 is 25.4 Å². The van der Waals surface area contributed by atoms with Gasteiger partial charge in [0.25, 0.3) is 0 Å². The van der Waals surface area contributed by atoms with Crippen LogP contribution < -0.4 is 5.73 Å². The van der Waals surface area contributed by atoms with Crippen LogP contribution in [-0.4, -0.2) is 40.7 Å². The van der Waals surface area contributed by atoms with Crippen LogP contribution in [0.4, 0.5) is 0 Å². The van der Waals surface area contributed by atoms with Crippen molar-refractivity contribution in [3.8, 4) is 0 Å². The third kappa shape index (κ3) is 3.49. The van der Waals surface area contributed by atoms with Crippen LogP contribution in [0.1, 0.15) is 11.1 Å². The minimum absolute atomic E-state index is 0.403. The van der Waals surface area contributed by atoms with Gasteiger partial charge in [0.05, 0.1) is 25.4 Å². The van der Waals surface area contributed by atoms with E-state index in [2.05, 4.69) is 48.6 Å². The van der Waals surface area contributed by atoms with Crippen LogP contribution in [0.15, 0.2) is 42.5 Å². The van der Waals surface area contributed by atoms with Crippen molar-refractivity contribution >= 4 is 16.8 Å². The summed E-state index contributed by atoms with van der Waals surface area (Å²) in [6.07, 6.45) is 5.53. The Hall–Kier alpha value is -1.72. The van der Waals surface area contributed by atoms with Gasteiger partial charge >= 0.3 is 0 Å². The molecule has 1 aliphatic carbocycles. The standard InChI is InChI=1S/C13H10.C4H11NO3/c1-4-10-6-2-8-12-9-3-7-11(5-1)13(10)12;5-4(1-6,2-7)3-8/h1-8H,9H2;6-8H,1-3,5H2. The van der Waals surface area contributed by atoms with Gasteiger partial charge in [-0.15, -0.1) is 0 Å². The fourth-order valence-electron chi connectivity index (χ4n) is 2.22. The molecule has 0 spiro atoms. The average Bonchev–Trinajstić information content (AvgIpc) is 2.56. The summed E-state index contributed by atoms with van der Waals surface area (Å²) in [5, 5.41) is 27.8. The molecule has 0 atom stereocenters. The molecule has 0 bridgehead atoms. The molecule has 1 aliphatic rings. The first-order valence-corrected chi connectivity index (χ1v) is 6.92. The van der Waals surface area contributed by atoms with Gasteiger partial charge in [0, 0.05) is 0 Å². The van der Waals surface area contributed by atoms with Crippen LogP contribution in [0.3, 0.4) is 0 Å². The number of hydrogen-bond donors (Lipinski definition) is 4. The highest BCUT2D eigenvalue weighted by Gasteiger charge is 2.20. The molecule has 2 aromatic carbocycles. The van der Waals surface area contributed by atoms with E-state index in [0.29, 0.717) is 0 Å². The average molecular weight is 287 g/mol. The molecule has 5 N–H and O–H groups in total. The Bertz CT molecular complexity index is 619. The molecule has 0 radical (unpaired) electrons. The Labute approximate surface area is 124 Å². The summed E-state index contributed by atoms with van der Waals surface area (Å²) in [5.41, 5.74) is 6.75. The zero-order valence-corrected chi connectivity index (χ0v) is 11.9. The predicted octanol–water partition coefficient (Wildman–Crippen LogP) is 1.07. The summed E-state index contributed by atoms with van der Waals surface area (Å²) in [7, 11) is 0. The lowest BCUT2D eigenvalue weighted by Crippen LogP contribution is -2.50. The second kappa shape index (κ2) is 6.83. The highest BCUT2D eigenvalue weighted by atomic mass is 16.3. The van der Waals surface area contributed by atoms with Crippen molar-refractivity contribution < 1.29 is 15.3 Å². The highest BCUT2D eigenvalue weighted by Crippen LogP contribution is 2.27. The van der Waals surface area contributed by atoms with Crippen molar-refractivity contribution in [2.24, 2.45) is 5.73 Å². The van der Waals surface area contributed by atoms with E-state index in [0.717, 1.165) is 6.42 Å². The highest BCUT2D eigenvalue weighted by molar-refractivity contribution is 5.94. The molecule has 0 heterocycles. The topological polar surface area (TPSA) is 86.7 Å². The van der Waals surface area contributed by atoms with Crippen molar-refractivity contribution in [3.63, 3.8) is 0 Å². The van der Waals surface area contributed by atoms with E-state index in [9.17, 15) is 0 Å². The molecule has 0 unspecified atom stereocenters. The minimum atomic E-state index is -1.21. The fraction of sp³-hybridized carbons (Fsp3) is 0.294. The lowest BCUT2D eigenvalue weighted by Gasteiger charge is -2.20. The molecular formula is C17H21NO3. The van der Waals surface area contributed by atoms with Gasteiger partial charge < -0.3 is 21.1 Å². The SMILES string of the molecule is C1=Cc2cccc3cccc(c23)C1.NC(CO)(CO)CO. The Balaban J connectivity index is 0.000000177. The molecule has 0 saturated heterocycles. The molecule has 0 amide bonds. The molecule has 3 rings (SSSR count). The third-order valence-corrected chi connectivity index (χ3v) is 3.60. The molecule has 112 valence electrons. The normalized spacial score (nSPS) is 13.0. The van der Waals surface area contributed by atoms with E-state index in [4.69, 9.17) is 21.1 Å². The first kappa shape index (κ1) is 15.7. The summed E-state index contributed by atoms with van der Waals surface area (Å²) in [6, 6.07) is 13.0. The maximum atomic E-state index is 8.34. The van der Waals surface area contributed by atoms with Crippen LogP contribution >= 0.6 is 0 Å². The monoisotopic (exact) mass is 287 g/mol. The summed E-state index contributed by atoms with van der Waals surface area (Å²) in [6.45, 7) is -1.21. The van der Waals surface area contributed by atoms with Crippen LogP contribution in [-0.2, 0) is 6.42 Å². The first-order chi connectivity index (χ1) is 10.1. The number of aliphatic hydroxyl groups is 3. The van der Waals surface area contributed by atoms with Gasteiger partial charge in [-0.05, 0) is 28.3 Å². The summed E-state index contributed by atoms with van der Waals surface area (Å²) in [4.78, 5) is 0. The molecule has 0 fully saturated rings. The number of allylic oxidation sites excluding steroid dienone is 1. The number of aliphatic hydroxyl groups excluding tert-OH is 3. The van der Waals surface area contributed by atoms with Crippen LogP contribution in [0, 0.1) is 0 Å². The Morgan fingerprint density at radius 2 is 1.57 bits per heavy atom. The van der Waals surface area contributed by atoms with Crippen LogP contribution in [0.5, 0.6) is 0 Å². The summed E-state index contributed by atoms with van der Waals surface area (Å²) < 4.78 is 0. The zero-order valence-electron chi connectivity index (χ0n) is 11.9. The largest absolute Gasteiger partial charge is 0.394 e. The Morgan fingerprint density at radius 3 is 2.14 bits per heavy atom. The quantitative estimate of drug-likeness (QED) is 0.680. The second-order valence-electron chi connectivity index (χ2n) is 5.31. The second-order valence-corrected chi connectivity index (χ2v) is 5.31. The van der Waals surface area contributed by atoms with Crippen molar-refractivity contribution in [1.29, 1.82) is 0 Å². The maximum Gasteiger partial charge on any atom is 0.0856 e. The molecule has 0 aromatic heterocycles. The smallest absolute Gasteiger partial charge is 0.0856 e. The molecule has 21 heavy (non-hydrogen) atoms. The van der Waals surface area contributed by atoms with E-state index in [1.807, 2.05) is 0 Å². The van der Waals surface area contributed by atoms with Crippen molar-refractivity contribution in [2.75, 3.05) is 19.8 Å². The third-order valence-electron chi connectivity index (χ3n) is 3.60. The summed E-state index contributed by atoms with van der Waals surface area (Å²) >= 11 is 0. The molecule has 0 aliphatic heterocycles. The Kier molecular flexibility index (Phi) is 5.09. The van der Waals surface area contributed by atoms with Gasteiger partial charge in [-0.25, -0.2) is 0 Å². The molecule has 0 saturated carbocycles. The van der Waals surface area contributed by atoms with Gasteiger partial charge in [0.15, 0.2) is 0 Å². The number of nitrogens with two attached hydrogens (primary N) is 1. The van der Waals surface area contributed by atoms with E-state index in [-0.39, 0.29) is 0 Å². The van der Waals surface area contributed by atoms with E-state index >= 15 is 0 Å². The number of hydrogen-bond acceptors (Lipinski definition) is 4. The van der Waals surface area contributed by atoms with Crippen molar-refractivity contribution in [3.05, 3.63) is 53.6 Å². The first-order valence-electron chi connectivity index (χ1n) is 6.92. The maximum absolute atomic E-state index is 8.34. The van der Waals surface area contributed by atoms with Crippen molar-refractivity contribution in [1.82, 2.24) is 0 Å². The molecule has 4 heteroatoms. The van der Waals surface area contributed by atoms with Crippen molar-refractivity contribution in [2.45, 2.75) is 12.0 Å². The van der Waals surface area contributed by atoms with E-state index in [1.54, 1.807) is 0 Å². The Morgan fingerprint density at radius 1 is 0.952 bits per heavy atom. The fourth-order valence-corrected chi connectivity index (χ4v) is 2.22. The molecule has 2 aromatic rings. The molecular weight excluding hydrogens is 266 g/mol. The van der Waals surface area contributed by atoms with E-state index in [1.165, 1.54) is 21.9 Å². The van der Waals surface area contributed by atoms with Crippen LogP contribution in [0.25, 0.3) is 16.8 Å². The van der Waals surface area contributed by atoms with Gasteiger partial charge in [0.1, 0.15) is 0 Å². The minimum Gasteiger partial charge on any atom is -0.394 e. The van der Waals surface area contributed by atoms with Gasteiger partial charge in [-0.3, -0.25) is 0 Å². The lowest BCUT2D eigenvalue weighted by molar-refractivity contribution is 0.0698. The van der Waals surface area contributed by atoms with Crippen LogP contribution in [0.2, 0.25) is 0 Å². The lowest BCUT2D eigenvalue weighted by atomic mass is 9.93. The summed E-state index contributed by atoms with van der Waals surface area (Å²) in [5.74, 6) is 0. The molecule has 4 nitrogen and oxygen atoms in total. The number of rotatable bonds is 3. The van der Waals surface area contributed by atoms with Gasteiger partial charge in [-0.1, -0.05) is 48.6 Å². The predicted molar refractivity (Wildman–Crippen MR) is 84.9 cm³/mol. The van der Waals surface area contributed by atoms with Gasteiger partial charge in [-0.2, -0.15) is 0 Å². The van der Waals surface area contributed by atoms with Gasteiger partial charge in [0.2, 0.25) is 0 Å².